The lowest BCUT2D eigenvalue weighted by atomic mass is 10.1. The molecule has 0 bridgehead atoms. The number of aliphatic hydroxyl groups is 1. The molecule has 1 fully saturated rings. The summed E-state index contributed by atoms with van der Waals surface area (Å²) in [7, 11) is 1.59. The summed E-state index contributed by atoms with van der Waals surface area (Å²) in [6.07, 6.45) is 7.77. The van der Waals surface area contributed by atoms with Gasteiger partial charge < -0.3 is 24.5 Å². The van der Waals surface area contributed by atoms with E-state index in [9.17, 15) is 9.90 Å². The van der Waals surface area contributed by atoms with Crippen LogP contribution in [0.4, 0.5) is 0 Å². The number of amides is 1. The highest BCUT2D eigenvalue weighted by molar-refractivity contribution is 5.94. The van der Waals surface area contributed by atoms with Gasteiger partial charge in [-0.25, -0.2) is 9.97 Å². The van der Waals surface area contributed by atoms with Crippen molar-refractivity contribution in [2.45, 2.75) is 31.5 Å². The summed E-state index contributed by atoms with van der Waals surface area (Å²) in [4.78, 5) is 20.6. The smallest absolute Gasteiger partial charge is 0.251 e. The van der Waals surface area contributed by atoms with E-state index in [1.807, 2.05) is 10.8 Å². The maximum atomic E-state index is 12.5. The number of aliphatic hydroxyl groups excluding tert-OH is 1. The van der Waals surface area contributed by atoms with Crippen LogP contribution in [0.5, 0.6) is 5.88 Å². The Labute approximate surface area is 152 Å². The summed E-state index contributed by atoms with van der Waals surface area (Å²) >= 11 is 0. The van der Waals surface area contributed by atoms with Crippen LogP contribution in [-0.4, -0.2) is 58.0 Å². The van der Waals surface area contributed by atoms with Crippen LogP contribution in [0.15, 0.2) is 37.1 Å². The first-order valence-electron chi connectivity index (χ1n) is 8.68. The number of aromatic nitrogens is 3. The SMILES string of the molecule is COCCOc1cc(C(=O)N[C@@H]2CC(Cn3ccnc3)C[C@H]2O)ccn1. The fourth-order valence-electron chi connectivity index (χ4n) is 3.23. The van der Waals surface area contributed by atoms with Gasteiger partial charge in [0.1, 0.15) is 6.61 Å². The third-order valence-corrected chi connectivity index (χ3v) is 4.51. The average Bonchev–Trinajstić information content (AvgIpc) is 3.26. The van der Waals surface area contributed by atoms with Crippen molar-refractivity contribution in [3.8, 4) is 5.88 Å². The van der Waals surface area contributed by atoms with E-state index in [1.165, 1.54) is 6.20 Å². The Hall–Kier alpha value is -2.45. The van der Waals surface area contributed by atoms with E-state index in [0.29, 0.717) is 37.0 Å². The van der Waals surface area contributed by atoms with Crippen LogP contribution >= 0.6 is 0 Å². The molecule has 1 unspecified atom stereocenters. The molecule has 2 aromatic heterocycles. The van der Waals surface area contributed by atoms with Crippen molar-refractivity contribution in [1.82, 2.24) is 19.9 Å². The molecule has 140 valence electrons. The summed E-state index contributed by atoms with van der Waals surface area (Å²) in [6.45, 7) is 1.60. The number of carbonyl (C=O) groups is 1. The monoisotopic (exact) mass is 360 g/mol. The lowest BCUT2D eigenvalue weighted by Crippen LogP contribution is -2.39. The first kappa shape index (κ1) is 18.3. The fraction of sp³-hybridized carbons (Fsp3) is 0.500. The van der Waals surface area contributed by atoms with E-state index < -0.39 is 6.10 Å². The minimum absolute atomic E-state index is 0.240. The van der Waals surface area contributed by atoms with Crippen LogP contribution in [-0.2, 0) is 11.3 Å². The molecule has 0 radical (unpaired) electrons. The molecule has 8 nitrogen and oxygen atoms in total. The highest BCUT2D eigenvalue weighted by Crippen LogP contribution is 2.28. The molecule has 3 rings (SSSR count). The van der Waals surface area contributed by atoms with Crippen LogP contribution < -0.4 is 10.1 Å². The zero-order chi connectivity index (χ0) is 18.4. The van der Waals surface area contributed by atoms with Gasteiger partial charge in [0.25, 0.3) is 5.91 Å². The van der Waals surface area contributed by atoms with E-state index in [-0.39, 0.29) is 11.9 Å². The Morgan fingerprint density at radius 1 is 1.38 bits per heavy atom. The van der Waals surface area contributed by atoms with E-state index in [2.05, 4.69) is 15.3 Å². The van der Waals surface area contributed by atoms with Crippen molar-refractivity contribution < 1.29 is 19.4 Å². The molecule has 1 saturated carbocycles. The Balaban J connectivity index is 1.55. The molecule has 3 atom stereocenters. The van der Waals surface area contributed by atoms with E-state index in [4.69, 9.17) is 9.47 Å². The van der Waals surface area contributed by atoms with Crippen LogP contribution in [0, 0.1) is 5.92 Å². The number of hydrogen-bond donors (Lipinski definition) is 2. The van der Waals surface area contributed by atoms with E-state index in [0.717, 1.165) is 13.0 Å². The van der Waals surface area contributed by atoms with Crippen LogP contribution in [0.2, 0.25) is 0 Å². The van der Waals surface area contributed by atoms with Gasteiger partial charge in [0.15, 0.2) is 0 Å². The summed E-state index contributed by atoms with van der Waals surface area (Å²) in [6, 6.07) is 2.96. The van der Waals surface area contributed by atoms with Gasteiger partial charge >= 0.3 is 0 Å². The Morgan fingerprint density at radius 3 is 3.04 bits per heavy atom. The predicted octanol–water partition coefficient (Wildman–Crippen LogP) is 0.873. The molecule has 1 amide bonds. The van der Waals surface area contributed by atoms with Gasteiger partial charge in [-0.2, -0.15) is 0 Å². The maximum Gasteiger partial charge on any atom is 0.251 e. The molecular weight excluding hydrogens is 336 g/mol. The number of imidazole rings is 1. The third kappa shape index (κ3) is 4.80. The van der Waals surface area contributed by atoms with Crippen molar-refractivity contribution in [3.05, 3.63) is 42.6 Å². The average molecular weight is 360 g/mol. The van der Waals surface area contributed by atoms with Crippen molar-refractivity contribution in [3.63, 3.8) is 0 Å². The molecule has 0 spiro atoms. The quantitative estimate of drug-likeness (QED) is 0.678. The van der Waals surface area contributed by atoms with Crippen LogP contribution in [0.1, 0.15) is 23.2 Å². The summed E-state index contributed by atoms with van der Waals surface area (Å²) in [5, 5.41) is 13.2. The molecule has 2 N–H and O–H groups in total. The predicted molar refractivity (Wildman–Crippen MR) is 93.8 cm³/mol. The second kappa shape index (κ2) is 8.77. The lowest BCUT2D eigenvalue weighted by Gasteiger charge is -2.16. The third-order valence-electron chi connectivity index (χ3n) is 4.51. The first-order valence-corrected chi connectivity index (χ1v) is 8.68. The summed E-state index contributed by atoms with van der Waals surface area (Å²) in [5.41, 5.74) is 0.456. The van der Waals surface area contributed by atoms with Crippen LogP contribution in [0.25, 0.3) is 0 Å². The molecule has 0 aromatic carbocycles. The molecule has 1 aliphatic carbocycles. The normalized spacial score (nSPS) is 22.3. The van der Waals surface area contributed by atoms with Crippen molar-refractivity contribution in [2.75, 3.05) is 20.3 Å². The Kier molecular flexibility index (Phi) is 6.19. The van der Waals surface area contributed by atoms with Crippen LogP contribution in [0.3, 0.4) is 0 Å². The van der Waals surface area contributed by atoms with Gasteiger partial charge in [0.05, 0.1) is 25.1 Å². The first-order chi connectivity index (χ1) is 12.7. The van der Waals surface area contributed by atoms with Crippen molar-refractivity contribution in [2.24, 2.45) is 5.92 Å². The topological polar surface area (TPSA) is 98.5 Å². The molecule has 2 aromatic rings. The van der Waals surface area contributed by atoms with Gasteiger partial charge in [-0.1, -0.05) is 0 Å². The molecular formula is C18H24N4O4. The lowest BCUT2D eigenvalue weighted by molar-refractivity contribution is 0.0872. The van der Waals surface area contributed by atoms with Gasteiger partial charge in [-0.15, -0.1) is 0 Å². The number of nitrogens with one attached hydrogen (secondary N) is 1. The second-order valence-electron chi connectivity index (χ2n) is 6.47. The minimum atomic E-state index is -0.549. The summed E-state index contributed by atoms with van der Waals surface area (Å²) in [5.74, 6) is 0.436. The standard InChI is InChI=1S/C18H24N4O4/c1-25-6-7-26-17-10-14(2-3-20-17)18(24)21-15-8-13(9-16(15)23)11-22-5-4-19-12-22/h2-5,10,12-13,15-16,23H,6-9,11H2,1H3,(H,21,24)/t13?,15-,16-/m1/s1. The number of rotatable bonds is 8. The van der Waals surface area contributed by atoms with Gasteiger partial charge in [0, 0.05) is 43.9 Å². The molecule has 0 aliphatic heterocycles. The number of ether oxygens (including phenoxy) is 2. The number of nitrogens with zero attached hydrogens (tertiary/aromatic N) is 3. The number of carbonyl (C=O) groups excluding carboxylic acids is 1. The highest BCUT2D eigenvalue weighted by atomic mass is 16.5. The second-order valence-corrected chi connectivity index (χ2v) is 6.47. The molecule has 2 heterocycles. The zero-order valence-corrected chi connectivity index (χ0v) is 14.7. The zero-order valence-electron chi connectivity index (χ0n) is 14.7. The number of hydrogen-bond acceptors (Lipinski definition) is 6. The fourth-order valence-corrected chi connectivity index (χ4v) is 3.23. The van der Waals surface area contributed by atoms with Gasteiger partial charge in [-0.05, 0) is 24.8 Å². The van der Waals surface area contributed by atoms with Crippen molar-refractivity contribution in [1.29, 1.82) is 0 Å². The van der Waals surface area contributed by atoms with Gasteiger partial charge in [-0.3, -0.25) is 4.79 Å². The number of pyridine rings is 1. The Morgan fingerprint density at radius 2 is 2.27 bits per heavy atom. The highest BCUT2D eigenvalue weighted by Gasteiger charge is 2.34. The Bertz CT molecular complexity index is 707. The maximum absolute atomic E-state index is 12.5. The molecule has 1 aliphatic rings. The number of methoxy groups -OCH3 is 1. The minimum Gasteiger partial charge on any atom is -0.475 e. The van der Waals surface area contributed by atoms with Gasteiger partial charge in [0.2, 0.25) is 5.88 Å². The molecule has 0 saturated heterocycles. The molecule has 8 heteroatoms. The largest absolute Gasteiger partial charge is 0.475 e. The molecule has 26 heavy (non-hydrogen) atoms. The van der Waals surface area contributed by atoms with E-state index in [1.54, 1.807) is 31.8 Å². The van der Waals surface area contributed by atoms with E-state index >= 15 is 0 Å². The summed E-state index contributed by atoms with van der Waals surface area (Å²) < 4.78 is 12.3. The van der Waals surface area contributed by atoms with Crippen molar-refractivity contribution >= 4 is 5.91 Å².